The van der Waals surface area contributed by atoms with E-state index in [2.05, 4.69) is 4.74 Å². The third kappa shape index (κ3) is 17.7. The molecule has 0 saturated heterocycles. The molecule has 0 aliphatic heterocycles. The number of hydrogen-bond acceptors (Lipinski definition) is 2. The Morgan fingerprint density at radius 1 is 1.36 bits per heavy atom. The molecule has 0 aliphatic carbocycles. The molecule has 4 heteroatoms. The van der Waals surface area contributed by atoms with Gasteiger partial charge in [0, 0.05) is 6.92 Å². The minimum absolute atomic E-state index is 0. The Kier molecular flexibility index (Phi) is 12.2. The van der Waals surface area contributed by atoms with Crippen molar-refractivity contribution >= 4 is 0 Å². The maximum Gasteiger partial charge on any atom is 0.268 e. The molecular weight excluding hydrogens is 154 g/mol. The zero-order valence-corrected chi connectivity index (χ0v) is 5.23. The molecule has 1 N–H and O–H groups in total. The molecular formula is C7H18F2O2. The maximum absolute atomic E-state index is 11.8. The van der Waals surface area contributed by atoms with E-state index in [-0.39, 0.29) is 28.1 Å². The molecule has 72 valence electrons. The molecule has 0 heterocycles. The molecule has 0 aromatic heterocycles. The van der Waals surface area contributed by atoms with Gasteiger partial charge in [0.1, 0.15) is 6.61 Å². The molecule has 0 spiro atoms. The molecule has 0 saturated carbocycles. The fourth-order valence-electron chi connectivity index (χ4n) is 0.316. The van der Waals surface area contributed by atoms with Crippen molar-refractivity contribution in [2.24, 2.45) is 0 Å². The summed E-state index contributed by atoms with van der Waals surface area (Å²) in [6.45, 7) is -0.0859. The largest absolute Gasteiger partial charge is 0.394 e. The van der Waals surface area contributed by atoms with E-state index in [1.165, 1.54) is 0 Å². The van der Waals surface area contributed by atoms with Gasteiger partial charge >= 0.3 is 0 Å². The van der Waals surface area contributed by atoms with E-state index in [9.17, 15) is 8.78 Å². The first-order valence-electron chi connectivity index (χ1n) is 2.63. The number of alkyl halides is 2. The van der Waals surface area contributed by atoms with Gasteiger partial charge in [0.05, 0.1) is 13.2 Å². The van der Waals surface area contributed by atoms with Gasteiger partial charge < -0.3 is 9.84 Å². The van der Waals surface area contributed by atoms with E-state index in [1.807, 2.05) is 0 Å². The van der Waals surface area contributed by atoms with Crippen molar-refractivity contribution < 1.29 is 18.6 Å². The number of halogens is 2. The van der Waals surface area contributed by atoms with E-state index in [0.717, 1.165) is 6.92 Å². The Balaban J connectivity index is -0.000000320. The van der Waals surface area contributed by atoms with Gasteiger partial charge in [-0.25, -0.2) is 8.78 Å². The molecule has 0 rings (SSSR count). The van der Waals surface area contributed by atoms with Crippen LogP contribution in [0.1, 0.15) is 21.8 Å². The van der Waals surface area contributed by atoms with E-state index in [1.54, 1.807) is 0 Å². The average Bonchev–Trinajstić information content (AvgIpc) is 1.63. The minimum atomic E-state index is -2.78. The highest BCUT2D eigenvalue weighted by molar-refractivity contribution is 4.53. The molecule has 11 heavy (non-hydrogen) atoms. The first-order valence-corrected chi connectivity index (χ1v) is 2.63. The zero-order chi connectivity index (χ0) is 7.33. The summed E-state index contributed by atoms with van der Waals surface area (Å²) in [5.41, 5.74) is 0. The lowest BCUT2D eigenvalue weighted by Gasteiger charge is -2.08. The first kappa shape index (κ1) is 17.0. The van der Waals surface area contributed by atoms with Gasteiger partial charge in [-0.2, -0.15) is 0 Å². The van der Waals surface area contributed by atoms with Crippen molar-refractivity contribution in [2.75, 3.05) is 19.8 Å². The standard InChI is InChI=1S/C5H10F2O2.2CH4/c1-5(6,7)4-9-3-2-8;;/h8H,2-4H2,1H3;2*1H4. The highest BCUT2D eigenvalue weighted by Crippen LogP contribution is 2.10. The summed E-state index contributed by atoms with van der Waals surface area (Å²) < 4.78 is 28.0. The minimum Gasteiger partial charge on any atom is -0.394 e. The van der Waals surface area contributed by atoms with E-state index >= 15 is 0 Å². The highest BCUT2D eigenvalue weighted by atomic mass is 19.3. The van der Waals surface area contributed by atoms with Gasteiger partial charge in [0.15, 0.2) is 0 Å². The van der Waals surface area contributed by atoms with Gasteiger partial charge in [0.2, 0.25) is 0 Å². The topological polar surface area (TPSA) is 29.5 Å². The van der Waals surface area contributed by atoms with Gasteiger partial charge in [-0.15, -0.1) is 0 Å². The van der Waals surface area contributed by atoms with E-state index < -0.39 is 12.5 Å². The summed E-state index contributed by atoms with van der Waals surface area (Å²) in [6.07, 6.45) is 0. The van der Waals surface area contributed by atoms with Crippen LogP contribution in [0, 0.1) is 0 Å². The predicted molar refractivity (Wildman–Crippen MR) is 42.0 cm³/mol. The molecule has 2 nitrogen and oxygen atoms in total. The Hall–Kier alpha value is -0.220. The van der Waals surface area contributed by atoms with Crippen molar-refractivity contribution in [1.29, 1.82) is 0 Å². The van der Waals surface area contributed by atoms with Crippen molar-refractivity contribution in [3.8, 4) is 0 Å². The lowest BCUT2D eigenvalue weighted by Crippen LogP contribution is -2.19. The monoisotopic (exact) mass is 172 g/mol. The van der Waals surface area contributed by atoms with Crippen LogP contribution in [-0.2, 0) is 4.74 Å². The van der Waals surface area contributed by atoms with Crippen molar-refractivity contribution in [1.82, 2.24) is 0 Å². The highest BCUT2D eigenvalue weighted by Gasteiger charge is 2.20. The molecule has 0 fully saturated rings. The molecule has 0 amide bonds. The molecule has 0 unspecified atom stereocenters. The Morgan fingerprint density at radius 2 is 1.82 bits per heavy atom. The number of aliphatic hydroxyl groups is 1. The predicted octanol–water partition coefficient (Wildman–Crippen LogP) is 1.92. The van der Waals surface area contributed by atoms with Crippen LogP contribution in [0.5, 0.6) is 0 Å². The molecule has 0 atom stereocenters. The Bertz CT molecular complexity index is 71.3. The van der Waals surface area contributed by atoms with Crippen LogP contribution in [0.4, 0.5) is 8.78 Å². The summed E-state index contributed by atoms with van der Waals surface area (Å²) in [6, 6.07) is 0. The van der Waals surface area contributed by atoms with Crippen molar-refractivity contribution in [3.05, 3.63) is 0 Å². The third-order valence-electron chi connectivity index (χ3n) is 0.591. The average molecular weight is 172 g/mol. The second kappa shape index (κ2) is 7.88. The van der Waals surface area contributed by atoms with Crippen LogP contribution in [0.2, 0.25) is 0 Å². The number of aliphatic hydroxyl groups excluding tert-OH is 1. The fourth-order valence-corrected chi connectivity index (χ4v) is 0.316. The lowest BCUT2D eigenvalue weighted by atomic mass is 10.4. The summed E-state index contributed by atoms with van der Waals surface area (Å²) in [7, 11) is 0. The number of hydrogen-bond donors (Lipinski definition) is 1. The van der Waals surface area contributed by atoms with Crippen molar-refractivity contribution in [2.45, 2.75) is 27.7 Å². The molecule has 0 aromatic rings. The van der Waals surface area contributed by atoms with Crippen LogP contribution < -0.4 is 0 Å². The summed E-state index contributed by atoms with van der Waals surface area (Å²) in [4.78, 5) is 0. The van der Waals surface area contributed by atoms with Crippen molar-refractivity contribution in [3.63, 3.8) is 0 Å². The SMILES string of the molecule is C.C.CC(F)(F)COCCO. The smallest absolute Gasteiger partial charge is 0.268 e. The molecule has 0 aromatic carbocycles. The van der Waals surface area contributed by atoms with Gasteiger partial charge in [-0.05, 0) is 0 Å². The van der Waals surface area contributed by atoms with Gasteiger partial charge in [-0.1, -0.05) is 14.9 Å². The van der Waals surface area contributed by atoms with Crippen LogP contribution in [0.25, 0.3) is 0 Å². The Morgan fingerprint density at radius 3 is 2.09 bits per heavy atom. The number of rotatable bonds is 4. The quantitative estimate of drug-likeness (QED) is 0.656. The van der Waals surface area contributed by atoms with Gasteiger partial charge in [-0.3, -0.25) is 0 Å². The molecule has 0 aliphatic rings. The van der Waals surface area contributed by atoms with Crippen LogP contribution >= 0.6 is 0 Å². The second-order valence-electron chi connectivity index (χ2n) is 1.85. The van der Waals surface area contributed by atoms with Crippen LogP contribution in [-0.4, -0.2) is 30.8 Å². The van der Waals surface area contributed by atoms with E-state index in [0.29, 0.717) is 0 Å². The number of ether oxygens (including phenoxy) is 1. The second-order valence-corrected chi connectivity index (χ2v) is 1.85. The van der Waals surface area contributed by atoms with Crippen LogP contribution in [0.3, 0.4) is 0 Å². The summed E-state index contributed by atoms with van der Waals surface area (Å²) in [5, 5.41) is 8.09. The maximum atomic E-state index is 11.8. The summed E-state index contributed by atoms with van der Waals surface area (Å²) in [5.74, 6) is -2.78. The van der Waals surface area contributed by atoms with Gasteiger partial charge in [0.25, 0.3) is 5.92 Å². The normalized spacial score (nSPS) is 9.82. The zero-order valence-electron chi connectivity index (χ0n) is 5.23. The fraction of sp³-hybridized carbons (Fsp3) is 1.00. The molecule has 0 radical (unpaired) electrons. The van der Waals surface area contributed by atoms with E-state index in [4.69, 9.17) is 5.11 Å². The summed E-state index contributed by atoms with van der Waals surface area (Å²) >= 11 is 0. The molecule has 0 bridgehead atoms. The van der Waals surface area contributed by atoms with Crippen LogP contribution in [0.15, 0.2) is 0 Å². The lowest BCUT2D eigenvalue weighted by molar-refractivity contribution is -0.0676. The Labute approximate surface area is 67.2 Å². The third-order valence-corrected chi connectivity index (χ3v) is 0.591. The first-order chi connectivity index (χ1) is 4.06.